The van der Waals surface area contributed by atoms with E-state index in [1.54, 1.807) is 6.07 Å². The van der Waals surface area contributed by atoms with E-state index in [4.69, 9.17) is 16.3 Å². The molecular formula is C9H8ClFO. The summed E-state index contributed by atoms with van der Waals surface area (Å²) in [6.45, 7) is 0.940. The average Bonchev–Trinajstić information content (AvgIpc) is 2.00. The Labute approximate surface area is 75.1 Å². The highest BCUT2D eigenvalue weighted by atomic mass is 35.5. The summed E-state index contributed by atoms with van der Waals surface area (Å²) >= 11 is 6.11. The van der Waals surface area contributed by atoms with Gasteiger partial charge in [-0.2, -0.15) is 0 Å². The SMILES string of the molecule is Fc1cccc(C2(Cl)COC2)c1. The van der Waals surface area contributed by atoms with Crippen LogP contribution in [0.5, 0.6) is 0 Å². The highest BCUT2D eigenvalue weighted by molar-refractivity contribution is 6.24. The Hall–Kier alpha value is -0.600. The number of hydrogen-bond donors (Lipinski definition) is 0. The Morgan fingerprint density at radius 3 is 2.67 bits per heavy atom. The summed E-state index contributed by atoms with van der Waals surface area (Å²) in [4.78, 5) is -0.484. The molecule has 1 saturated heterocycles. The summed E-state index contributed by atoms with van der Waals surface area (Å²) in [7, 11) is 0. The summed E-state index contributed by atoms with van der Waals surface area (Å²) in [5.74, 6) is -0.251. The fourth-order valence-electron chi connectivity index (χ4n) is 1.22. The average molecular weight is 187 g/mol. The molecule has 0 amide bonds. The molecule has 0 bridgehead atoms. The number of ether oxygens (including phenoxy) is 1. The monoisotopic (exact) mass is 186 g/mol. The van der Waals surface area contributed by atoms with Crippen molar-refractivity contribution in [1.29, 1.82) is 0 Å². The summed E-state index contributed by atoms with van der Waals surface area (Å²) in [5, 5.41) is 0. The lowest BCUT2D eigenvalue weighted by atomic mass is 9.96. The van der Waals surface area contributed by atoms with E-state index >= 15 is 0 Å². The maximum atomic E-state index is 12.8. The van der Waals surface area contributed by atoms with Crippen molar-refractivity contribution in [1.82, 2.24) is 0 Å². The fraction of sp³-hybridized carbons (Fsp3) is 0.333. The van der Waals surface area contributed by atoms with Gasteiger partial charge in [0.2, 0.25) is 0 Å². The van der Waals surface area contributed by atoms with Crippen LogP contribution in [0.25, 0.3) is 0 Å². The summed E-state index contributed by atoms with van der Waals surface area (Å²) in [5.41, 5.74) is 0.801. The second-order valence-electron chi connectivity index (χ2n) is 2.97. The van der Waals surface area contributed by atoms with Gasteiger partial charge in [-0.05, 0) is 17.7 Å². The first-order valence-electron chi connectivity index (χ1n) is 3.73. The number of benzene rings is 1. The van der Waals surface area contributed by atoms with Crippen LogP contribution in [0.15, 0.2) is 24.3 Å². The lowest BCUT2D eigenvalue weighted by Gasteiger charge is -2.35. The fourth-order valence-corrected chi connectivity index (χ4v) is 1.49. The topological polar surface area (TPSA) is 9.23 Å². The van der Waals surface area contributed by atoms with E-state index in [-0.39, 0.29) is 5.82 Å². The molecule has 1 heterocycles. The Morgan fingerprint density at radius 1 is 1.42 bits per heavy atom. The molecule has 1 aliphatic rings. The first-order valence-corrected chi connectivity index (χ1v) is 4.11. The van der Waals surface area contributed by atoms with Crippen LogP contribution in [-0.4, -0.2) is 13.2 Å². The van der Waals surface area contributed by atoms with Gasteiger partial charge in [-0.1, -0.05) is 12.1 Å². The maximum absolute atomic E-state index is 12.8. The zero-order valence-corrected chi connectivity index (χ0v) is 7.14. The zero-order chi connectivity index (χ0) is 8.60. The third-order valence-electron chi connectivity index (χ3n) is 2.00. The minimum Gasteiger partial charge on any atom is -0.377 e. The van der Waals surface area contributed by atoms with Crippen LogP contribution in [0.4, 0.5) is 4.39 Å². The normalized spacial score (nSPS) is 20.2. The molecule has 0 unspecified atom stereocenters. The van der Waals surface area contributed by atoms with E-state index in [0.717, 1.165) is 5.56 Å². The van der Waals surface area contributed by atoms with Crippen molar-refractivity contribution in [2.24, 2.45) is 0 Å². The predicted octanol–water partition coefficient (Wildman–Crippen LogP) is 2.29. The van der Waals surface area contributed by atoms with Crippen molar-refractivity contribution in [2.45, 2.75) is 4.87 Å². The minimum absolute atomic E-state index is 0.251. The van der Waals surface area contributed by atoms with Crippen LogP contribution in [-0.2, 0) is 9.61 Å². The molecule has 64 valence electrons. The lowest BCUT2D eigenvalue weighted by Crippen LogP contribution is -2.41. The third-order valence-corrected chi connectivity index (χ3v) is 2.44. The van der Waals surface area contributed by atoms with Gasteiger partial charge < -0.3 is 4.74 Å². The minimum atomic E-state index is -0.484. The van der Waals surface area contributed by atoms with Gasteiger partial charge in [0.15, 0.2) is 0 Å². The van der Waals surface area contributed by atoms with Crippen LogP contribution in [0.2, 0.25) is 0 Å². The summed E-state index contributed by atoms with van der Waals surface area (Å²) < 4.78 is 17.7. The van der Waals surface area contributed by atoms with Gasteiger partial charge in [0.05, 0.1) is 13.2 Å². The third kappa shape index (κ3) is 1.21. The van der Waals surface area contributed by atoms with Crippen LogP contribution in [0.1, 0.15) is 5.56 Å². The quantitative estimate of drug-likeness (QED) is 0.612. The van der Waals surface area contributed by atoms with Crippen LogP contribution in [0.3, 0.4) is 0 Å². The molecule has 1 aromatic carbocycles. The van der Waals surface area contributed by atoms with Gasteiger partial charge in [-0.3, -0.25) is 0 Å². The maximum Gasteiger partial charge on any atom is 0.123 e. The molecule has 1 fully saturated rings. The molecule has 0 N–H and O–H groups in total. The summed E-state index contributed by atoms with van der Waals surface area (Å²) in [6, 6.07) is 6.34. The van der Waals surface area contributed by atoms with Crippen molar-refractivity contribution in [2.75, 3.05) is 13.2 Å². The lowest BCUT2D eigenvalue weighted by molar-refractivity contribution is -0.0153. The first kappa shape index (κ1) is 8.02. The van der Waals surface area contributed by atoms with Crippen molar-refractivity contribution in [3.8, 4) is 0 Å². The highest BCUT2D eigenvalue weighted by Gasteiger charge is 2.38. The number of rotatable bonds is 1. The summed E-state index contributed by atoms with van der Waals surface area (Å²) in [6.07, 6.45) is 0. The standard InChI is InChI=1S/C9H8ClFO/c10-9(5-12-6-9)7-2-1-3-8(11)4-7/h1-4H,5-6H2. The van der Waals surface area contributed by atoms with E-state index in [9.17, 15) is 4.39 Å². The van der Waals surface area contributed by atoms with E-state index in [0.29, 0.717) is 13.2 Å². The highest BCUT2D eigenvalue weighted by Crippen LogP contribution is 2.36. The first-order chi connectivity index (χ1) is 5.71. The van der Waals surface area contributed by atoms with E-state index in [2.05, 4.69) is 0 Å². The Bertz CT molecular complexity index is 296. The van der Waals surface area contributed by atoms with Crippen LogP contribution in [0, 0.1) is 5.82 Å². The molecule has 0 atom stereocenters. The van der Waals surface area contributed by atoms with Crippen LogP contribution < -0.4 is 0 Å². The molecular weight excluding hydrogens is 179 g/mol. The largest absolute Gasteiger partial charge is 0.377 e. The Balaban J connectivity index is 2.33. The van der Waals surface area contributed by atoms with Gasteiger partial charge in [0.25, 0.3) is 0 Å². The van der Waals surface area contributed by atoms with Crippen LogP contribution >= 0.6 is 11.6 Å². The van der Waals surface area contributed by atoms with E-state index in [1.807, 2.05) is 6.07 Å². The molecule has 0 spiro atoms. The molecule has 0 aliphatic carbocycles. The van der Waals surface area contributed by atoms with Gasteiger partial charge in [-0.25, -0.2) is 4.39 Å². The molecule has 0 radical (unpaired) electrons. The van der Waals surface area contributed by atoms with Gasteiger partial charge in [0, 0.05) is 0 Å². The van der Waals surface area contributed by atoms with Crippen molar-refractivity contribution in [3.63, 3.8) is 0 Å². The van der Waals surface area contributed by atoms with Gasteiger partial charge in [0.1, 0.15) is 10.7 Å². The molecule has 1 aromatic rings. The number of hydrogen-bond acceptors (Lipinski definition) is 1. The van der Waals surface area contributed by atoms with Crippen molar-refractivity contribution >= 4 is 11.6 Å². The zero-order valence-electron chi connectivity index (χ0n) is 6.39. The van der Waals surface area contributed by atoms with Crippen molar-refractivity contribution < 1.29 is 9.13 Å². The molecule has 2 rings (SSSR count). The smallest absolute Gasteiger partial charge is 0.123 e. The molecule has 0 saturated carbocycles. The van der Waals surface area contributed by atoms with Crippen molar-refractivity contribution in [3.05, 3.63) is 35.6 Å². The van der Waals surface area contributed by atoms with E-state index < -0.39 is 4.87 Å². The molecule has 1 nitrogen and oxygen atoms in total. The second-order valence-corrected chi connectivity index (χ2v) is 3.69. The molecule has 12 heavy (non-hydrogen) atoms. The van der Waals surface area contributed by atoms with E-state index in [1.165, 1.54) is 12.1 Å². The predicted molar refractivity (Wildman–Crippen MR) is 44.8 cm³/mol. The molecule has 1 aliphatic heterocycles. The number of alkyl halides is 1. The molecule has 3 heteroatoms. The van der Waals surface area contributed by atoms with Gasteiger partial charge >= 0.3 is 0 Å². The van der Waals surface area contributed by atoms with Gasteiger partial charge in [-0.15, -0.1) is 11.6 Å². The number of halogens is 2. The Kier molecular flexibility index (Phi) is 1.81. The second kappa shape index (κ2) is 2.71. The Morgan fingerprint density at radius 2 is 2.17 bits per heavy atom. The molecule has 0 aromatic heterocycles.